The Labute approximate surface area is 189 Å². The lowest BCUT2D eigenvalue weighted by Gasteiger charge is -2.29. The van der Waals surface area contributed by atoms with Crippen LogP contribution in [-0.2, 0) is 9.53 Å². The van der Waals surface area contributed by atoms with Gasteiger partial charge in [-0.1, -0.05) is 35.0 Å². The van der Waals surface area contributed by atoms with E-state index in [2.05, 4.69) is 45.3 Å². The number of nitrogens with one attached hydrogen (secondary N) is 2. The number of nitrogens with zero attached hydrogens (tertiary/aromatic N) is 1. The van der Waals surface area contributed by atoms with Crippen LogP contribution in [0.4, 0.5) is 4.39 Å². The number of carbonyl (C=O) groups excluding carboxylic acids is 1. The minimum atomic E-state index is -0.906. The molecular formula is C22H23BrFN3O2S. The average molecular weight is 492 g/mol. The van der Waals surface area contributed by atoms with Crippen molar-refractivity contribution in [3.8, 4) is 6.07 Å². The Morgan fingerprint density at radius 1 is 1.50 bits per heavy atom. The number of thiol groups is 1. The number of methoxy groups -OCH3 is 1. The summed E-state index contributed by atoms with van der Waals surface area (Å²) in [6.07, 6.45) is 4.41. The van der Waals surface area contributed by atoms with E-state index in [0.29, 0.717) is 21.6 Å². The van der Waals surface area contributed by atoms with Crippen molar-refractivity contribution in [3.05, 3.63) is 79.5 Å². The fourth-order valence-corrected chi connectivity index (χ4v) is 3.74. The second-order valence-corrected chi connectivity index (χ2v) is 7.94. The van der Waals surface area contributed by atoms with Gasteiger partial charge in [-0.3, -0.25) is 4.79 Å². The van der Waals surface area contributed by atoms with Crippen molar-refractivity contribution in [1.82, 2.24) is 10.6 Å². The van der Waals surface area contributed by atoms with Crippen LogP contribution in [0.5, 0.6) is 0 Å². The summed E-state index contributed by atoms with van der Waals surface area (Å²) in [4.78, 5) is 13.3. The minimum absolute atomic E-state index is 0.161. The van der Waals surface area contributed by atoms with Crippen molar-refractivity contribution in [1.29, 1.82) is 5.26 Å². The number of dihydropyridines is 1. The third kappa shape index (κ3) is 5.15. The van der Waals surface area contributed by atoms with Crippen molar-refractivity contribution in [2.24, 2.45) is 0 Å². The van der Waals surface area contributed by atoms with Crippen LogP contribution in [0.1, 0.15) is 38.7 Å². The van der Waals surface area contributed by atoms with E-state index in [4.69, 9.17) is 4.74 Å². The molecule has 0 saturated heterocycles. The predicted octanol–water partition coefficient (Wildman–Crippen LogP) is 5.17. The summed E-state index contributed by atoms with van der Waals surface area (Å²) in [6.45, 7) is 5.39. The first-order valence-corrected chi connectivity index (χ1v) is 10.5. The molecule has 0 radical (unpaired) electrons. The third-order valence-electron chi connectivity index (χ3n) is 4.63. The van der Waals surface area contributed by atoms with E-state index in [1.165, 1.54) is 13.2 Å². The van der Waals surface area contributed by atoms with E-state index in [1.807, 2.05) is 13.0 Å². The molecule has 1 aromatic rings. The monoisotopic (exact) mass is 491 g/mol. The summed E-state index contributed by atoms with van der Waals surface area (Å²) >= 11 is 7.58. The highest BCUT2D eigenvalue weighted by atomic mass is 79.9. The normalized spacial score (nSPS) is 17.5. The van der Waals surface area contributed by atoms with Crippen LogP contribution in [0.25, 0.3) is 0 Å². The van der Waals surface area contributed by atoms with Crippen molar-refractivity contribution >= 4 is 34.5 Å². The third-order valence-corrected chi connectivity index (χ3v) is 5.48. The van der Waals surface area contributed by atoms with E-state index >= 15 is 0 Å². The summed E-state index contributed by atoms with van der Waals surface area (Å²) in [6, 6.07) is 6.60. The van der Waals surface area contributed by atoms with Crippen LogP contribution in [-0.4, -0.2) is 13.0 Å². The second-order valence-electron chi connectivity index (χ2n) is 6.58. The predicted molar refractivity (Wildman–Crippen MR) is 122 cm³/mol. The summed E-state index contributed by atoms with van der Waals surface area (Å²) in [7, 11) is 1.51. The maximum atomic E-state index is 14.8. The van der Waals surface area contributed by atoms with Crippen LogP contribution < -0.4 is 10.6 Å². The molecule has 30 heavy (non-hydrogen) atoms. The molecule has 1 aromatic carbocycles. The minimum Gasteiger partial charge on any atom is -0.499 e. The molecule has 1 aliphatic heterocycles. The van der Waals surface area contributed by atoms with Gasteiger partial charge in [0.15, 0.2) is 0 Å². The summed E-state index contributed by atoms with van der Waals surface area (Å²) in [5, 5.41) is 15.8. The summed E-state index contributed by atoms with van der Waals surface area (Å²) < 4.78 is 20.7. The number of benzene rings is 1. The van der Waals surface area contributed by atoms with E-state index in [1.54, 1.807) is 32.1 Å². The Balaban J connectivity index is 2.59. The van der Waals surface area contributed by atoms with Gasteiger partial charge in [0.1, 0.15) is 11.6 Å². The van der Waals surface area contributed by atoms with Gasteiger partial charge in [-0.05, 0) is 38.5 Å². The van der Waals surface area contributed by atoms with Crippen molar-refractivity contribution in [3.63, 3.8) is 0 Å². The molecule has 8 heteroatoms. The first-order valence-electron chi connectivity index (χ1n) is 9.23. The van der Waals surface area contributed by atoms with Crippen LogP contribution in [0.15, 0.2) is 68.2 Å². The Morgan fingerprint density at radius 3 is 2.77 bits per heavy atom. The average Bonchev–Trinajstić information content (AvgIpc) is 2.70. The van der Waals surface area contributed by atoms with Gasteiger partial charge in [-0.25, -0.2) is 4.39 Å². The molecule has 1 atom stereocenters. The molecule has 2 rings (SSSR count). The number of carbonyl (C=O) groups is 1. The van der Waals surface area contributed by atoms with Crippen LogP contribution in [0.2, 0.25) is 0 Å². The largest absolute Gasteiger partial charge is 0.499 e. The molecule has 5 nitrogen and oxygen atoms in total. The van der Waals surface area contributed by atoms with Crippen molar-refractivity contribution in [2.45, 2.75) is 33.1 Å². The molecular weight excluding hydrogens is 469 g/mol. The number of rotatable bonds is 6. The van der Waals surface area contributed by atoms with E-state index in [9.17, 15) is 14.4 Å². The van der Waals surface area contributed by atoms with Gasteiger partial charge in [-0.2, -0.15) is 5.26 Å². The molecule has 1 amide bonds. The zero-order valence-electron chi connectivity index (χ0n) is 17.1. The first-order chi connectivity index (χ1) is 14.2. The molecule has 0 fully saturated rings. The Bertz CT molecular complexity index is 1020. The molecule has 0 saturated carbocycles. The van der Waals surface area contributed by atoms with Gasteiger partial charge in [0.25, 0.3) is 5.91 Å². The first kappa shape index (κ1) is 23.8. The van der Waals surface area contributed by atoms with Gasteiger partial charge in [0, 0.05) is 21.3 Å². The van der Waals surface area contributed by atoms with Crippen LogP contribution in [0.3, 0.4) is 0 Å². The molecule has 0 bridgehead atoms. The van der Waals surface area contributed by atoms with E-state index in [0.717, 1.165) is 6.42 Å². The van der Waals surface area contributed by atoms with Gasteiger partial charge < -0.3 is 15.4 Å². The topological polar surface area (TPSA) is 74.2 Å². The number of nitriles is 1. The zero-order chi connectivity index (χ0) is 22.4. The second kappa shape index (κ2) is 10.5. The van der Waals surface area contributed by atoms with Gasteiger partial charge in [0.2, 0.25) is 0 Å². The molecule has 1 unspecified atom stereocenters. The number of hydrogen-bond acceptors (Lipinski definition) is 5. The van der Waals surface area contributed by atoms with E-state index < -0.39 is 17.6 Å². The maximum absolute atomic E-state index is 14.8. The molecule has 2 N–H and O–H groups in total. The number of halogens is 2. The maximum Gasteiger partial charge on any atom is 0.254 e. The smallest absolute Gasteiger partial charge is 0.254 e. The number of hydrogen-bond donors (Lipinski definition) is 3. The fourth-order valence-electron chi connectivity index (χ4n) is 3.06. The lowest BCUT2D eigenvalue weighted by Crippen LogP contribution is -2.34. The lowest BCUT2D eigenvalue weighted by molar-refractivity contribution is -0.117. The molecule has 0 spiro atoms. The molecule has 1 aliphatic rings. The van der Waals surface area contributed by atoms with E-state index in [-0.39, 0.29) is 21.7 Å². The lowest BCUT2D eigenvalue weighted by atomic mass is 9.82. The summed E-state index contributed by atoms with van der Waals surface area (Å²) in [5.74, 6) is -1.38. The standard InChI is InChI=1S/C22H23BrFN3O2S/c1-5-6-7-18(13(3)29-4)27-21(28)19-12(2)26-22(30)16(11-25)20(19)15-9-8-14(23)10-17(15)24/h6-10,20,26,30H,5H2,1-4H3,(H,27,28)/b7-6-,18-13-. The van der Waals surface area contributed by atoms with Crippen molar-refractivity contribution in [2.75, 3.05) is 7.11 Å². The van der Waals surface area contributed by atoms with Crippen LogP contribution in [0, 0.1) is 17.1 Å². The molecule has 0 aliphatic carbocycles. The van der Waals surface area contributed by atoms with Crippen molar-refractivity contribution < 1.29 is 13.9 Å². The highest BCUT2D eigenvalue weighted by Crippen LogP contribution is 2.40. The Morgan fingerprint density at radius 2 is 2.20 bits per heavy atom. The fraction of sp³-hybridized carbons (Fsp3) is 0.273. The zero-order valence-corrected chi connectivity index (χ0v) is 19.6. The quantitative estimate of drug-likeness (QED) is 0.291. The van der Waals surface area contributed by atoms with Crippen LogP contribution >= 0.6 is 28.6 Å². The molecule has 158 valence electrons. The molecule has 1 heterocycles. The van der Waals surface area contributed by atoms with Gasteiger partial charge in [-0.15, -0.1) is 12.6 Å². The number of ether oxygens (including phenoxy) is 1. The highest BCUT2D eigenvalue weighted by molar-refractivity contribution is 9.10. The summed E-state index contributed by atoms with van der Waals surface area (Å²) in [5.41, 5.74) is 1.58. The Kier molecular flexibility index (Phi) is 8.33. The Hall–Kier alpha value is -2.50. The SMILES string of the molecule is CC/C=C\C(NC(=O)C1=C(C)NC(S)=C(C#N)C1c1ccc(Br)cc1F)=C(/C)OC. The number of amides is 1. The number of allylic oxidation sites excluding steroid dienone is 5. The highest BCUT2D eigenvalue weighted by Gasteiger charge is 2.35. The van der Waals surface area contributed by atoms with Gasteiger partial charge >= 0.3 is 0 Å². The molecule has 0 aromatic heterocycles. The van der Waals surface area contributed by atoms with Gasteiger partial charge in [0.05, 0.1) is 35.4 Å².